The summed E-state index contributed by atoms with van der Waals surface area (Å²) in [5, 5.41) is 11.0. The molecule has 0 bridgehead atoms. The number of anilines is 9. The predicted octanol–water partition coefficient (Wildman–Crippen LogP) is 13.9. The van der Waals surface area contributed by atoms with Crippen LogP contribution in [0.4, 0.5) is 51.2 Å². The Labute approximate surface area is 347 Å². The summed E-state index contributed by atoms with van der Waals surface area (Å²) in [6, 6.07) is 72.9. The molecule has 3 aliphatic heterocycles. The molecule has 0 radical (unpaired) electrons. The van der Waals surface area contributed by atoms with E-state index in [1.807, 2.05) is 0 Å². The maximum Gasteiger partial charge on any atom is 0.0652 e. The van der Waals surface area contributed by atoms with Crippen molar-refractivity contribution in [1.29, 1.82) is 0 Å². The van der Waals surface area contributed by atoms with E-state index in [-0.39, 0.29) is 0 Å². The lowest BCUT2D eigenvalue weighted by Gasteiger charge is -2.52. The van der Waals surface area contributed by atoms with Gasteiger partial charge < -0.3 is 14.7 Å². The summed E-state index contributed by atoms with van der Waals surface area (Å²) in [7, 11) is 0. The fourth-order valence-corrected chi connectivity index (χ4v) is 15.5. The lowest BCUT2D eigenvalue weighted by molar-refractivity contribution is 1.24. The molecule has 0 aliphatic carbocycles. The van der Waals surface area contributed by atoms with Crippen LogP contribution in [0.1, 0.15) is 0 Å². The van der Waals surface area contributed by atoms with Crippen LogP contribution in [0.5, 0.6) is 0 Å². The molecule has 0 amide bonds. The molecule has 0 saturated heterocycles. The van der Waals surface area contributed by atoms with E-state index >= 15 is 0 Å². The molecule has 3 nitrogen and oxygen atoms in total. The summed E-state index contributed by atoms with van der Waals surface area (Å²) < 4.78 is 0. The molecule has 3 heterocycles. The molecule has 276 valence electrons. The summed E-state index contributed by atoms with van der Waals surface area (Å²) in [5.41, 5.74) is 12.7. The third-order valence-corrected chi connectivity index (χ3v) is 17.4. The first-order valence-electron chi connectivity index (χ1n) is 20.1. The van der Waals surface area contributed by atoms with E-state index in [0.717, 1.165) is 45.4 Å². The zero-order valence-corrected chi connectivity index (χ0v) is 33.5. The Morgan fingerprint density at radius 2 is 0.712 bits per heavy atom. The summed E-state index contributed by atoms with van der Waals surface area (Å²) in [6.07, 6.45) is 0. The van der Waals surface area contributed by atoms with Crippen LogP contribution in [-0.2, 0) is 11.8 Å². The molecule has 59 heavy (non-hydrogen) atoms. The molecule has 0 N–H and O–H groups in total. The highest BCUT2D eigenvalue weighted by atomic mass is 32.4. The van der Waals surface area contributed by atoms with E-state index in [4.69, 9.17) is 11.8 Å². The summed E-state index contributed by atoms with van der Waals surface area (Å²) >= 11 is 7.69. The maximum atomic E-state index is 7.69. The van der Waals surface area contributed by atoms with Crippen LogP contribution >= 0.6 is 6.04 Å². The Morgan fingerprint density at radius 1 is 0.322 bits per heavy atom. The van der Waals surface area contributed by atoms with E-state index in [1.165, 1.54) is 65.2 Å². The topological polar surface area (TPSA) is 9.72 Å². The Bertz CT molecular complexity index is 3270. The predicted molar refractivity (Wildman–Crippen MR) is 255 cm³/mol. The number of fused-ring (bicyclic) bond motifs is 5. The van der Waals surface area contributed by atoms with Crippen molar-refractivity contribution in [2.75, 3.05) is 14.7 Å². The van der Waals surface area contributed by atoms with Crippen molar-refractivity contribution in [3.8, 4) is 11.1 Å². The maximum absolute atomic E-state index is 7.69. The Kier molecular flexibility index (Phi) is 6.87. The van der Waals surface area contributed by atoms with Crippen molar-refractivity contribution < 1.29 is 0 Å². The van der Waals surface area contributed by atoms with Gasteiger partial charge in [0.1, 0.15) is 0 Å². The minimum atomic E-state index is -2.82. The minimum absolute atomic E-state index is 1.11. The van der Waals surface area contributed by atoms with Crippen LogP contribution in [0.3, 0.4) is 0 Å². The zero-order chi connectivity index (χ0) is 38.8. The minimum Gasteiger partial charge on any atom is -0.309 e. The van der Waals surface area contributed by atoms with Crippen LogP contribution in [-0.4, -0.2) is 0 Å². The molecule has 0 unspecified atom stereocenters. The van der Waals surface area contributed by atoms with E-state index in [0.29, 0.717) is 0 Å². The molecular weight excluding hydrogens is 754 g/mol. The summed E-state index contributed by atoms with van der Waals surface area (Å²) in [5.74, 6) is 0. The summed E-state index contributed by atoms with van der Waals surface area (Å²) in [6.45, 7) is 0. The first-order valence-corrected chi connectivity index (χ1v) is 22.9. The van der Waals surface area contributed by atoms with Crippen LogP contribution in [0.25, 0.3) is 43.4 Å². The molecule has 0 spiro atoms. The van der Waals surface area contributed by atoms with Gasteiger partial charge in [-0.05, 0) is 93.3 Å². The van der Waals surface area contributed by atoms with Gasteiger partial charge in [-0.3, -0.25) is 0 Å². The van der Waals surface area contributed by atoms with Gasteiger partial charge in [-0.15, -0.1) is 0 Å². The molecular formula is C54H34N3PS. The standard InChI is InChI=1S/C54H34N3PS/c59-58-52-46-33-38(43-30-16-20-35-17-10-13-27-42(35)43)34-47(52)56(40-23-6-2-7-24-40)49-32-37-19-12-15-29-45(37)51(54(49)58)57(41-25-8-3-9-26-41)50-44-28-14-11-18-36(44)31-48(53(50)58)55(46)39-21-4-1-5-22-39/h1-34H. The molecule has 13 rings (SSSR count). The average Bonchev–Trinajstić information content (AvgIpc) is 3.29. The van der Waals surface area contributed by atoms with Crippen LogP contribution in [0.15, 0.2) is 206 Å². The van der Waals surface area contributed by atoms with Gasteiger partial charge in [-0.25, -0.2) is 0 Å². The highest BCUT2D eigenvalue weighted by Gasteiger charge is 2.52. The first kappa shape index (κ1) is 33.0. The second kappa shape index (κ2) is 12.3. The number of benzene rings is 10. The fourth-order valence-electron chi connectivity index (χ4n) is 10.2. The second-order valence-corrected chi connectivity index (χ2v) is 19.8. The SMILES string of the molecule is S=P12c3c4cc(-c5cccc6ccccc56)cc3N(c3ccccc3)c3cc5ccccc5c(c31)N(c1ccccc1)c1c2c(cc2ccccc12)N4c1ccccc1. The highest BCUT2D eigenvalue weighted by Crippen LogP contribution is 2.69. The van der Waals surface area contributed by atoms with Crippen molar-refractivity contribution >= 4 is 117 Å². The van der Waals surface area contributed by atoms with Gasteiger partial charge in [0, 0.05) is 43.7 Å². The van der Waals surface area contributed by atoms with Gasteiger partial charge in [0.05, 0.1) is 40.2 Å². The van der Waals surface area contributed by atoms with E-state index < -0.39 is 6.04 Å². The third-order valence-electron chi connectivity index (χ3n) is 12.5. The Balaban J connectivity index is 1.29. The summed E-state index contributed by atoms with van der Waals surface area (Å²) in [4.78, 5) is 7.60. The van der Waals surface area contributed by atoms with Crippen LogP contribution in [0.2, 0.25) is 0 Å². The Morgan fingerprint density at radius 3 is 1.22 bits per heavy atom. The van der Waals surface area contributed by atoms with Crippen molar-refractivity contribution in [2.24, 2.45) is 0 Å². The quantitative estimate of drug-likeness (QED) is 0.164. The van der Waals surface area contributed by atoms with Gasteiger partial charge in [-0.2, -0.15) is 0 Å². The van der Waals surface area contributed by atoms with Crippen molar-refractivity contribution in [3.05, 3.63) is 206 Å². The van der Waals surface area contributed by atoms with Gasteiger partial charge in [0.15, 0.2) is 0 Å². The van der Waals surface area contributed by atoms with Gasteiger partial charge in [0.2, 0.25) is 0 Å². The molecule has 5 heteroatoms. The van der Waals surface area contributed by atoms with Crippen LogP contribution < -0.4 is 30.6 Å². The lowest BCUT2D eigenvalue weighted by Crippen LogP contribution is -2.47. The third kappa shape index (κ3) is 4.45. The normalized spacial score (nSPS) is 14.2. The average molecular weight is 788 g/mol. The largest absolute Gasteiger partial charge is 0.309 e. The molecule has 0 atom stereocenters. The van der Waals surface area contributed by atoms with Crippen LogP contribution in [0, 0.1) is 0 Å². The number of rotatable bonds is 4. The van der Waals surface area contributed by atoms with Gasteiger partial charge in [-0.1, -0.05) is 157 Å². The van der Waals surface area contributed by atoms with Crippen molar-refractivity contribution in [2.45, 2.75) is 0 Å². The fraction of sp³-hybridized carbons (Fsp3) is 0. The molecule has 0 saturated carbocycles. The first-order chi connectivity index (χ1) is 29.2. The van der Waals surface area contributed by atoms with Gasteiger partial charge >= 0.3 is 0 Å². The second-order valence-electron chi connectivity index (χ2n) is 15.6. The number of nitrogens with zero attached hydrogens (tertiary/aromatic N) is 3. The highest BCUT2D eigenvalue weighted by molar-refractivity contribution is 8.26. The monoisotopic (exact) mass is 787 g/mol. The van der Waals surface area contributed by atoms with Gasteiger partial charge in [0.25, 0.3) is 0 Å². The number of hydrogen-bond donors (Lipinski definition) is 0. The molecule has 0 fully saturated rings. The van der Waals surface area contributed by atoms with E-state index in [2.05, 4.69) is 221 Å². The van der Waals surface area contributed by atoms with Crippen molar-refractivity contribution in [3.63, 3.8) is 0 Å². The number of hydrogen-bond acceptors (Lipinski definition) is 4. The number of para-hydroxylation sites is 3. The molecule has 10 aromatic rings. The smallest absolute Gasteiger partial charge is 0.0652 e. The molecule has 0 aromatic heterocycles. The van der Waals surface area contributed by atoms with E-state index in [1.54, 1.807) is 0 Å². The zero-order valence-electron chi connectivity index (χ0n) is 31.8. The van der Waals surface area contributed by atoms with E-state index in [9.17, 15) is 0 Å². The Hall–Kier alpha value is -6.97. The van der Waals surface area contributed by atoms with Crippen molar-refractivity contribution in [1.82, 2.24) is 0 Å². The molecule has 10 aromatic carbocycles. The lowest BCUT2D eigenvalue weighted by atomic mass is 9.95. The molecule has 3 aliphatic rings.